The molecule has 0 aliphatic rings. The number of nitrogens with zero attached hydrogens (tertiary/aromatic N) is 2. The highest BCUT2D eigenvalue weighted by atomic mass is 16.1. The molecule has 1 atom stereocenters. The van der Waals surface area contributed by atoms with Crippen molar-refractivity contribution < 1.29 is 4.79 Å². The molecule has 0 saturated heterocycles. The molecule has 0 aromatic carbocycles. The molecule has 4 nitrogen and oxygen atoms in total. The zero-order valence-corrected chi connectivity index (χ0v) is 8.77. The second-order valence-corrected chi connectivity index (χ2v) is 3.54. The largest absolute Gasteiger partial charge is 0.335 e. The summed E-state index contributed by atoms with van der Waals surface area (Å²) in [5, 5.41) is 11.4. The summed E-state index contributed by atoms with van der Waals surface area (Å²) in [7, 11) is 0. The van der Waals surface area contributed by atoms with E-state index >= 15 is 0 Å². The number of nitriles is 1. The van der Waals surface area contributed by atoms with E-state index in [1.54, 1.807) is 24.4 Å². The van der Waals surface area contributed by atoms with Gasteiger partial charge in [-0.15, -0.1) is 0 Å². The number of rotatable bonds is 3. The van der Waals surface area contributed by atoms with Crippen molar-refractivity contribution in [2.75, 3.05) is 0 Å². The fourth-order valence-corrected chi connectivity index (χ4v) is 1.06. The first-order valence-corrected chi connectivity index (χ1v) is 4.76. The summed E-state index contributed by atoms with van der Waals surface area (Å²) < 4.78 is 0. The minimum atomic E-state index is -0.473. The Kier molecular flexibility index (Phi) is 3.81. The van der Waals surface area contributed by atoms with Gasteiger partial charge >= 0.3 is 0 Å². The summed E-state index contributed by atoms with van der Waals surface area (Å²) in [6.07, 6.45) is 1.55. The van der Waals surface area contributed by atoms with Gasteiger partial charge in [-0.05, 0) is 18.1 Å². The predicted octanol–water partition coefficient (Wildman–Crippen LogP) is 1.36. The minimum absolute atomic E-state index is 0.0858. The van der Waals surface area contributed by atoms with Gasteiger partial charge in [0.25, 0.3) is 5.91 Å². The van der Waals surface area contributed by atoms with Gasteiger partial charge in [0, 0.05) is 6.20 Å². The van der Waals surface area contributed by atoms with Crippen LogP contribution in [0.15, 0.2) is 24.4 Å². The maximum Gasteiger partial charge on any atom is 0.270 e. The number of aromatic nitrogens is 1. The molecule has 15 heavy (non-hydrogen) atoms. The van der Waals surface area contributed by atoms with E-state index < -0.39 is 6.04 Å². The van der Waals surface area contributed by atoms with Gasteiger partial charge in [-0.3, -0.25) is 9.78 Å². The molecular formula is C11H13N3O. The summed E-state index contributed by atoms with van der Waals surface area (Å²) in [4.78, 5) is 15.5. The van der Waals surface area contributed by atoms with Crippen LogP contribution >= 0.6 is 0 Å². The molecule has 4 heteroatoms. The second kappa shape index (κ2) is 5.11. The Morgan fingerprint density at radius 1 is 1.53 bits per heavy atom. The molecule has 1 amide bonds. The average Bonchev–Trinajstić information content (AvgIpc) is 2.26. The van der Waals surface area contributed by atoms with Crippen molar-refractivity contribution in [2.24, 2.45) is 5.92 Å². The highest BCUT2D eigenvalue weighted by Gasteiger charge is 2.16. The lowest BCUT2D eigenvalue weighted by Crippen LogP contribution is -2.37. The fourth-order valence-electron chi connectivity index (χ4n) is 1.06. The van der Waals surface area contributed by atoms with Crippen molar-refractivity contribution in [1.29, 1.82) is 5.26 Å². The Bertz CT molecular complexity index is 367. The van der Waals surface area contributed by atoms with E-state index in [4.69, 9.17) is 5.26 Å². The number of hydrogen-bond donors (Lipinski definition) is 1. The number of hydrogen-bond acceptors (Lipinski definition) is 3. The van der Waals surface area contributed by atoms with E-state index in [1.165, 1.54) is 0 Å². The lowest BCUT2D eigenvalue weighted by atomic mass is 10.1. The summed E-state index contributed by atoms with van der Waals surface area (Å²) in [5.74, 6) is -0.224. The molecular weight excluding hydrogens is 190 g/mol. The third-order valence-corrected chi connectivity index (χ3v) is 1.99. The molecule has 1 aromatic heterocycles. The van der Waals surface area contributed by atoms with Gasteiger partial charge in [-0.25, -0.2) is 0 Å². The van der Waals surface area contributed by atoms with E-state index in [9.17, 15) is 4.79 Å². The topological polar surface area (TPSA) is 65.8 Å². The minimum Gasteiger partial charge on any atom is -0.335 e. The highest BCUT2D eigenvalue weighted by molar-refractivity contribution is 5.92. The van der Waals surface area contributed by atoms with E-state index in [0.29, 0.717) is 5.69 Å². The van der Waals surface area contributed by atoms with E-state index in [2.05, 4.69) is 10.3 Å². The van der Waals surface area contributed by atoms with Crippen LogP contribution in [0, 0.1) is 17.2 Å². The Morgan fingerprint density at radius 2 is 2.27 bits per heavy atom. The van der Waals surface area contributed by atoms with Crippen molar-refractivity contribution >= 4 is 5.91 Å². The number of carbonyl (C=O) groups excluding carboxylic acids is 1. The average molecular weight is 203 g/mol. The van der Waals surface area contributed by atoms with Gasteiger partial charge in [-0.2, -0.15) is 5.26 Å². The van der Waals surface area contributed by atoms with Gasteiger partial charge in [0.15, 0.2) is 0 Å². The number of nitrogens with one attached hydrogen (secondary N) is 1. The SMILES string of the molecule is CC(C)C(C#N)NC(=O)c1ccccn1. The van der Waals surface area contributed by atoms with Crippen LogP contribution in [0.3, 0.4) is 0 Å². The molecule has 0 bridgehead atoms. The zero-order valence-electron chi connectivity index (χ0n) is 8.77. The summed E-state index contributed by atoms with van der Waals surface area (Å²) in [6.45, 7) is 3.76. The fraction of sp³-hybridized carbons (Fsp3) is 0.364. The summed E-state index contributed by atoms with van der Waals surface area (Å²) in [5.41, 5.74) is 0.332. The quantitative estimate of drug-likeness (QED) is 0.806. The first-order valence-electron chi connectivity index (χ1n) is 4.76. The van der Waals surface area contributed by atoms with Crippen LogP contribution in [0.2, 0.25) is 0 Å². The maximum absolute atomic E-state index is 11.6. The van der Waals surface area contributed by atoms with Gasteiger partial charge < -0.3 is 5.32 Å². The Balaban J connectivity index is 2.68. The smallest absolute Gasteiger partial charge is 0.270 e. The molecule has 78 valence electrons. The lowest BCUT2D eigenvalue weighted by Gasteiger charge is -2.14. The van der Waals surface area contributed by atoms with E-state index in [1.807, 2.05) is 19.9 Å². The Labute approximate surface area is 88.9 Å². The highest BCUT2D eigenvalue weighted by Crippen LogP contribution is 2.01. The molecule has 0 saturated carbocycles. The molecule has 1 N–H and O–H groups in total. The maximum atomic E-state index is 11.6. The molecule has 0 fully saturated rings. The molecule has 1 unspecified atom stereocenters. The molecule has 1 aromatic rings. The van der Waals surface area contributed by atoms with Crippen molar-refractivity contribution in [1.82, 2.24) is 10.3 Å². The molecule has 0 radical (unpaired) electrons. The van der Waals surface area contributed by atoms with Crippen LogP contribution in [0.25, 0.3) is 0 Å². The first kappa shape index (κ1) is 11.2. The molecule has 1 heterocycles. The van der Waals surface area contributed by atoms with Gasteiger partial charge in [0.1, 0.15) is 11.7 Å². The Hall–Kier alpha value is -1.89. The predicted molar refractivity (Wildman–Crippen MR) is 55.9 cm³/mol. The summed E-state index contributed by atoms with van der Waals surface area (Å²) in [6, 6.07) is 6.66. The molecule has 0 aliphatic heterocycles. The monoisotopic (exact) mass is 203 g/mol. The van der Waals surface area contributed by atoms with Crippen molar-refractivity contribution in [3.8, 4) is 6.07 Å². The summed E-state index contributed by atoms with van der Waals surface area (Å²) >= 11 is 0. The lowest BCUT2D eigenvalue weighted by molar-refractivity contribution is 0.0932. The van der Waals surface area contributed by atoms with Crippen molar-refractivity contribution in [2.45, 2.75) is 19.9 Å². The normalized spacial score (nSPS) is 11.9. The number of pyridine rings is 1. The standard InChI is InChI=1S/C11H13N3O/c1-8(2)10(7-12)14-11(15)9-5-3-4-6-13-9/h3-6,8,10H,1-2H3,(H,14,15). The van der Waals surface area contributed by atoms with Gasteiger partial charge in [0.2, 0.25) is 0 Å². The number of amides is 1. The van der Waals surface area contributed by atoms with Crippen LogP contribution in [0.4, 0.5) is 0 Å². The number of carbonyl (C=O) groups is 1. The van der Waals surface area contributed by atoms with Crippen molar-refractivity contribution in [3.05, 3.63) is 30.1 Å². The Morgan fingerprint density at radius 3 is 2.73 bits per heavy atom. The first-order chi connectivity index (χ1) is 7.15. The molecule has 0 spiro atoms. The van der Waals surface area contributed by atoms with Gasteiger partial charge in [0.05, 0.1) is 6.07 Å². The van der Waals surface area contributed by atoms with Crippen LogP contribution in [-0.2, 0) is 0 Å². The third-order valence-electron chi connectivity index (χ3n) is 1.99. The second-order valence-electron chi connectivity index (χ2n) is 3.54. The van der Waals surface area contributed by atoms with E-state index in [-0.39, 0.29) is 11.8 Å². The van der Waals surface area contributed by atoms with E-state index in [0.717, 1.165) is 0 Å². The van der Waals surface area contributed by atoms with Crippen molar-refractivity contribution in [3.63, 3.8) is 0 Å². The van der Waals surface area contributed by atoms with Crippen LogP contribution in [0.1, 0.15) is 24.3 Å². The third kappa shape index (κ3) is 3.06. The van der Waals surface area contributed by atoms with Crippen LogP contribution in [0.5, 0.6) is 0 Å². The molecule has 1 rings (SSSR count). The van der Waals surface area contributed by atoms with Crippen LogP contribution in [-0.4, -0.2) is 16.9 Å². The van der Waals surface area contributed by atoms with Crippen LogP contribution < -0.4 is 5.32 Å². The van der Waals surface area contributed by atoms with Gasteiger partial charge in [-0.1, -0.05) is 19.9 Å². The zero-order chi connectivity index (χ0) is 11.3. The molecule has 0 aliphatic carbocycles.